The molecule has 1 fully saturated rings. The SMILES string of the molecule is COc1ccc(CC2COC(=O)C2)c(/C=C/C(=O)OC(C)(C)C)c1OCc1c(Br)ccc2c1OCO2. The third kappa shape index (κ3) is 6.13. The Morgan fingerprint density at radius 3 is 2.67 bits per heavy atom. The molecule has 4 rings (SSSR count). The molecular formula is C27H29BrO8. The van der Waals surface area contributed by atoms with E-state index in [1.807, 2.05) is 45.0 Å². The van der Waals surface area contributed by atoms with Gasteiger partial charge in [-0.25, -0.2) is 4.79 Å². The molecule has 36 heavy (non-hydrogen) atoms. The molecule has 2 aliphatic heterocycles. The van der Waals surface area contributed by atoms with Gasteiger partial charge in [0, 0.05) is 27.6 Å². The Morgan fingerprint density at radius 2 is 1.97 bits per heavy atom. The Morgan fingerprint density at radius 1 is 1.17 bits per heavy atom. The predicted octanol–water partition coefficient (Wildman–Crippen LogP) is 5.23. The van der Waals surface area contributed by atoms with Crippen LogP contribution in [0.3, 0.4) is 0 Å². The molecule has 0 aliphatic carbocycles. The molecule has 1 unspecified atom stereocenters. The zero-order chi connectivity index (χ0) is 25.9. The molecule has 0 aromatic heterocycles. The summed E-state index contributed by atoms with van der Waals surface area (Å²) in [7, 11) is 1.56. The largest absolute Gasteiger partial charge is 0.493 e. The highest BCUT2D eigenvalue weighted by Crippen LogP contribution is 2.42. The lowest BCUT2D eigenvalue weighted by molar-refractivity contribution is -0.148. The van der Waals surface area contributed by atoms with E-state index in [2.05, 4.69) is 15.9 Å². The molecule has 9 heteroatoms. The molecule has 1 atom stereocenters. The number of halogens is 1. The molecule has 0 radical (unpaired) electrons. The van der Waals surface area contributed by atoms with Crippen molar-refractivity contribution in [2.45, 2.75) is 45.8 Å². The van der Waals surface area contributed by atoms with Gasteiger partial charge >= 0.3 is 11.9 Å². The smallest absolute Gasteiger partial charge is 0.331 e. The third-order valence-corrected chi connectivity index (χ3v) is 6.40. The van der Waals surface area contributed by atoms with Gasteiger partial charge in [0.15, 0.2) is 23.0 Å². The minimum atomic E-state index is -0.623. The van der Waals surface area contributed by atoms with Crippen molar-refractivity contribution in [3.63, 3.8) is 0 Å². The van der Waals surface area contributed by atoms with Crippen LogP contribution >= 0.6 is 15.9 Å². The van der Waals surface area contributed by atoms with Gasteiger partial charge in [-0.2, -0.15) is 0 Å². The van der Waals surface area contributed by atoms with Crippen molar-refractivity contribution in [1.29, 1.82) is 0 Å². The average molecular weight is 561 g/mol. The third-order valence-electron chi connectivity index (χ3n) is 5.65. The maximum absolute atomic E-state index is 12.5. The summed E-state index contributed by atoms with van der Waals surface area (Å²) in [5, 5.41) is 0. The second kappa shape index (κ2) is 10.8. The van der Waals surface area contributed by atoms with Gasteiger partial charge < -0.3 is 28.4 Å². The Bertz CT molecular complexity index is 1180. The van der Waals surface area contributed by atoms with Crippen molar-refractivity contribution < 1.29 is 38.0 Å². The van der Waals surface area contributed by atoms with Gasteiger partial charge in [-0.05, 0) is 57.0 Å². The second-order valence-electron chi connectivity index (χ2n) is 9.54. The number of benzene rings is 2. The normalized spacial score (nSPS) is 16.8. The summed E-state index contributed by atoms with van der Waals surface area (Å²) in [4.78, 5) is 24.1. The van der Waals surface area contributed by atoms with Crippen molar-refractivity contribution in [3.05, 3.63) is 51.5 Å². The topological polar surface area (TPSA) is 89.5 Å². The fourth-order valence-electron chi connectivity index (χ4n) is 4.07. The van der Waals surface area contributed by atoms with Gasteiger partial charge in [0.2, 0.25) is 6.79 Å². The number of esters is 2. The number of hydrogen-bond acceptors (Lipinski definition) is 8. The minimum absolute atomic E-state index is 0.0320. The predicted molar refractivity (Wildman–Crippen MR) is 135 cm³/mol. The molecule has 0 spiro atoms. The lowest BCUT2D eigenvalue weighted by Gasteiger charge is -2.20. The van der Waals surface area contributed by atoms with Crippen LogP contribution in [0.4, 0.5) is 0 Å². The van der Waals surface area contributed by atoms with Crippen LogP contribution in [0.1, 0.15) is 43.9 Å². The first kappa shape index (κ1) is 25.9. The Labute approximate surface area is 218 Å². The standard InChI is InChI=1S/C27H29BrO8/c1-27(2,3)36-23(29)10-6-18-17(11-16-12-24(30)32-13-16)5-8-21(31-4)25(18)33-14-19-20(28)7-9-22-26(19)35-15-34-22/h5-10,16H,11-15H2,1-4H3/b10-6+. The van der Waals surface area contributed by atoms with Crippen LogP contribution < -0.4 is 18.9 Å². The highest BCUT2D eigenvalue weighted by Gasteiger charge is 2.27. The van der Waals surface area contributed by atoms with Gasteiger partial charge in [0.05, 0.1) is 20.1 Å². The van der Waals surface area contributed by atoms with Gasteiger partial charge in [0.25, 0.3) is 0 Å². The molecule has 2 aromatic rings. The number of cyclic esters (lactones) is 1. The summed E-state index contributed by atoms with van der Waals surface area (Å²) in [5.41, 5.74) is 1.72. The first-order chi connectivity index (χ1) is 17.1. The summed E-state index contributed by atoms with van der Waals surface area (Å²) < 4.78 is 34.5. The van der Waals surface area contributed by atoms with E-state index in [0.29, 0.717) is 48.0 Å². The van der Waals surface area contributed by atoms with E-state index in [0.717, 1.165) is 15.6 Å². The summed E-state index contributed by atoms with van der Waals surface area (Å²) in [5.74, 6) is 1.58. The molecule has 2 heterocycles. The number of carbonyl (C=O) groups excluding carboxylic acids is 2. The highest BCUT2D eigenvalue weighted by molar-refractivity contribution is 9.10. The Kier molecular flexibility index (Phi) is 7.78. The van der Waals surface area contributed by atoms with Crippen LogP contribution in [-0.2, 0) is 32.1 Å². The van der Waals surface area contributed by atoms with Crippen LogP contribution in [0, 0.1) is 5.92 Å². The maximum atomic E-state index is 12.5. The van der Waals surface area contributed by atoms with Crippen LogP contribution in [0.2, 0.25) is 0 Å². The van der Waals surface area contributed by atoms with Crippen molar-refractivity contribution in [2.24, 2.45) is 5.92 Å². The molecule has 192 valence electrons. The van der Waals surface area contributed by atoms with E-state index in [4.69, 9.17) is 28.4 Å². The molecule has 2 aliphatic rings. The summed E-state index contributed by atoms with van der Waals surface area (Å²) in [6.07, 6.45) is 3.96. The molecule has 0 N–H and O–H groups in total. The molecule has 8 nitrogen and oxygen atoms in total. The van der Waals surface area contributed by atoms with Crippen LogP contribution in [0.15, 0.2) is 34.8 Å². The summed E-state index contributed by atoms with van der Waals surface area (Å²) >= 11 is 3.57. The van der Waals surface area contributed by atoms with Gasteiger partial charge in [-0.15, -0.1) is 0 Å². The van der Waals surface area contributed by atoms with Gasteiger partial charge in [0.1, 0.15) is 12.2 Å². The minimum Gasteiger partial charge on any atom is -0.493 e. The molecule has 0 bridgehead atoms. The molecule has 0 saturated carbocycles. The van der Waals surface area contributed by atoms with Crippen LogP contribution in [0.25, 0.3) is 6.08 Å². The molecule has 0 amide bonds. The number of carbonyl (C=O) groups is 2. The van der Waals surface area contributed by atoms with Crippen molar-refractivity contribution in [2.75, 3.05) is 20.5 Å². The lowest BCUT2D eigenvalue weighted by atomic mass is 9.93. The number of fused-ring (bicyclic) bond motifs is 1. The van der Waals surface area contributed by atoms with E-state index in [-0.39, 0.29) is 25.3 Å². The van der Waals surface area contributed by atoms with Crippen LogP contribution in [0.5, 0.6) is 23.0 Å². The molecular weight excluding hydrogens is 532 g/mol. The second-order valence-corrected chi connectivity index (χ2v) is 10.4. The molecule has 2 aromatic carbocycles. The first-order valence-corrected chi connectivity index (χ1v) is 12.4. The van der Waals surface area contributed by atoms with Crippen molar-refractivity contribution in [3.8, 4) is 23.0 Å². The van der Waals surface area contributed by atoms with Crippen molar-refractivity contribution >= 4 is 33.9 Å². The lowest BCUT2D eigenvalue weighted by Crippen LogP contribution is -2.22. The Balaban J connectivity index is 1.69. The highest BCUT2D eigenvalue weighted by atomic mass is 79.9. The Hall–Kier alpha value is -3.20. The van der Waals surface area contributed by atoms with Crippen LogP contribution in [-0.4, -0.2) is 38.0 Å². The maximum Gasteiger partial charge on any atom is 0.331 e. The fourth-order valence-corrected chi connectivity index (χ4v) is 4.50. The number of ether oxygens (including phenoxy) is 6. The molecule has 1 saturated heterocycles. The van der Waals surface area contributed by atoms with E-state index in [9.17, 15) is 9.59 Å². The van der Waals surface area contributed by atoms with E-state index in [1.165, 1.54) is 6.08 Å². The van der Waals surface area contributed by atoms with E-state index in [1.54, 1.807) is 13.2 Å². The first-order valence-electron chi connectivity index (χ1n) is 11.6. The number of rotatable bonds is 8. The summed E-state index contributed by atoms with van der Waals surface area (Å²) in [6, 6.07) is 7.44. The zero-order valence-corrected chi connectivity index (χ0v) is 22.3. The number of methoxy groups -OCH3 is 1. The van der Waals surface area contributed by atoms with Gasteiger partial charge in [-0.1, -0.05) is 22.0 Å². The summed E-state index contributed by atoms with van der Waals surface area (Å²) in [6.45, 7) is 6.08. The van der Waals surface area contributed by atoms with Crippen molar-refractivity contribution in [1.82, 2.24) is 0 Å². The van der Waals surface area contributed by atoms with E-state index >= 15 is 0 Å². The quantitative estimate of drug-likeness (QED) is 0.320. The number of hydrogen-bond donors (Lipinski definition) is 0. The van der Waals surface area contributed by atoms with Gasteiger partial charge in [-0.3, -0.25) is 4.79 Å². The zero-order valence-electron chi connectivity index (χ0n) is 20.7. The van der Waals surface area contributed by atoms with E-state index < -0.39 is 11.6 Å². The average Bonchev–Trinajstić information content (AvgIpc) is 3.45. The fraction of sp³-hybridized carbons (Fsp3) is 0.407. The monoisotopic (exact) mass is 560 g/mol.